The van der Waals surface area contributed by atoms with Gasteiger partial charge in [-0.2, -0.15) is 0 Å². The summed E-state index contributed by atoms with van der Waals surface area (Å²) in [5.74, 6) is -0.255. The highest BCUT2D eigenvalue weighted by Crippen LogP contribution is 2.24. The standard InChI is InChI=1S/C26H17N5O3S/c32-22-15-18(27-26-30(22)20-13-7-8-14-21(20)35-26)16-34-25(33)23-28-24(17-9-3-1-4-10-17)31(29-23)19-11-5-2-6-12-19/h1-15H,16H2. The van der Waals surface area contributed by atoms with Gasteiger partial charge in [-0.15, -0.1) is 5.10 Å². The molecule has 6 aromatic rings. The monoisotopic (exact) mass is 479 g/mol. The molecule has 35 heavy (non-hydrogen) atoms. The Balaban J connectivity index is 1.30. The predicted octanol–water partition coefficient (Wildman–Crippen LogP) is 4.51. The molecule has 3 heterocycles. The van der Waals surface area contributed by atoms with Crippen molar-refractivity contribution < 1.29 is 9.53 Å². The number of hydrogen-bond donors (Lipinski definition) is 0. The molecule has 9 heteroatoms. The van der Waals surface area contributed by atoms with Crippen LogP contribution in [0.15, 0.2) is 95.8 Å². The normalized spacial score (nSPS) is 11.2. The average molecular weight is 480 g/mol. The third kappa shape index (κ3) is 3.87. The smallest absolute Gasteiger partial charge is 0.378 e. The summed E-state index contributed by atoms with van der Waals surface area (Å²) in [6.07, 6.45) is 0. The minimum atomic E-state index is -0.699. The van der Waals surface area contributed by atoms with E-state index in [1.54, 1.807) is 9.08 Å². The van der Waals surface area contributed by atoms with Crippen molar-refractivity contribution in [3.05, 3.63) is 113 Å². The lowest BCUT2D eigenvalue weighted by Crippen LogP contribution is -2.15. The summed E-state index contributed by atoms with van der Waals surface area (Å²) in [5.41, 5.74) is 2.52. The Bertz CT molecular complexity index is 1680. The molecule has 0 aliphatic heterocycles. The Morgan fingerprint density at radius 1 is 0.886 bits per heavy atom. The summed E-state index contributed by atoms with van der Waals surface area (Å²) < 4.78 is 9.57. The van der Waals surface area contributed by atoms with Crippen LogP contribution in [0.5, 0.6) is 0 Å². The van der Waals surface area contributed by atoms with Gasteiger partial charge in [-0.05, 0) is 24.3 Å². The molecule has 0 spiro atoms. The van der Waals surface area contributed by atoms with Gasteiger partial charge in [0.25, 0.3) is 11.4 Å². The topological polar surface area (TPSA) is 91.4 Å². The molecule has 0 N–H and O–H groups in total. The van der Waals surface area contributed by atoms with Gasteiger partial charge in [-0.25, -0.2) is 19.4 Å². The molecule has 8 nitrogen and oxygen atoms in total. The van der Waals surface area contributed by atoms with Crippen LogP contribution in [0.4, 0.5) is 0 Å². The zero-order valence-electron chi connectivity index (χ0n) is 18.2. The molecule has 0 bridgehead atoms. The van der Waals surface area contributed by atoms with Gasteiger partial charge < -0.3 is 4.74 Å². The number of ether oxygens (including phenoxy) is 1. The number of carbonyl (C=O) groups excluding carboxylic acids is 1. The molecule has 0 aliphatic rings. The fraction of sp³-hybridized carbons (Fsp3) is 0.0385. The molecule has 3 aromatic carbocycles. The van der Waals surface area contributed by atoms with Gasteiger partial charge in [0.2, 0.25) is 0 Å². The van der Waals surface area contributed by atoms with Crippen LogP contribution >= 0.6 is 11.3 Å². The quantitative estimate of drug-likeness (QED) is 0.338. The number of fused-ring (bicyclic) bond motifs is 3. The zero-order valence-corrected chi connectivity index (χ0v) is 19.1. The Labute approximate surface area is 202 Å². The average Bonchev–Trinajstić information content (AvgIpc) is 3.51. The van der Waals surface area contributed by atoms with Crippen molar-refractivity contribution in [1.29, 1.82) is 0 Å². The molecular formula is C26H17N5O3S. The van der Waals surface area contributed by atoms with Crippen LogP contribution in [0, 0.1) is 0 Å². The van der Waals surface area contributed by atoms with E-state index >= 15 is 0 Å². The van der Waals surface area contributed by atoms with Gasteiger partial charge in [0, 0.05) is 11.6 Å². The minimum Gasteiger partial charge on any atom is -0.453 e. The number of benzene rings is 3. The SMILES string of the molecule is O=C(OCc1cc(=O)n2c(n1)sc1ccccc12)c1nc(-c2ccccc2)n(-c2ccccc2)n1. The van der Waals surface area contributed by atoms with Crippen molar-refractivity contribution in [1.82, 2.24) is 24.1 Å². The number of rotatable bonds is 5. The molecule has 0 amide bonds. The Hall–Kier alpha value is -4.63. The summed E-state index contributed by atoms with van der Waals surface area (Å²) in [6, 6.07) is 27.9. The molecule has 0 aliphatic carbocycles. The summed E-state index contributed by atoms with van der Waals surface area (Å²) in [7, 11) is 0. The van der Waals surface area contributed by atoms with Crippen LogP contribution in [0.3, 0.4) is 0 Å². The molecule has 0 fully saturated rings. The van der Waals surface area contributed by atoms with E-state index in [4.69, 9.17) is 4.74 Å². The molecular weight excluding hydrogens is 462 g/mol. The molecule has 170 valence electrons. The number of hydrogen-bond acceptors (Lipinski definition) is 7. The number of aromatic nitrogens is 5. The van der Waals surface area contributed by atoms with Crippen molar-refractivity contribution in [2.75, 3.05) is 0 Å². The van der Waals surface area contributed by atoms with E-state index in [0.29, 0.717) is 16.5 Å². The second kappa shape index (κ2) is 8.62. The Kier molecular flexibility index (Phi) is 5.16. The van der Waals surface area contributed by atoms with Crippen LogP contribution in [0.2, 0.25) is 0 Å². The van der Waals surface area contributed by atoms with Crippen molar-refractivity contribution >= 4 is 32.5 Å². The Morgan fingerprint density at radius 3 is 2.40 bits per heavy atom. The first-order valence-corrected chi connectivity index (χ1v) is 11.6. The lowest BCUT2D eigenvalue weighted by atomic mass is 10.2. The van der Waals surface area contributed by atoms with Crippen LogP contribution in [-0.2, 0) is 11.3 Å². The lowest BCUT2D eigenvalue weighted by Gasteiger charge is -2.05. The van der Waals surface area contributed by atoms with Crippen LogP contribution in [-0.4, -0.2) is 30.1 Å². The highest BCUT2D eigenvalue weighted by atomic mass is 32.1. The largest absolute Gasteiger partial charge is 0.453 e. The highest BCUT2D eigenvalue weighted by molar-refractivity contribution is 7.23. The fourth-order valence-corrected chi connectivity index (χ4v) is 4.87. The van der Waals surface area contributed by atoms with Crippen molar-refractivity contribution in [3.8, 4) is 17.1 Å². The van der Waals surface area contributed by atoms with E-state index in [-0.39, 0.29) is 18.0 Å². The molecule has 0 atom stereocenters. The summed E-state index contributed by atoms with van der Waals surface area (Å²) in [5, 5.41) is 4.41. The minimum absolute atomic E-state index is 0.0765. The maximum atomic E-state index is 12.9. The number of para-hydroxylation sites is 2. The second-order valence-corrected chi connectivity index (χ2v) is 8.73. The van der Waals surface area contributed by atoms with Crippen molar-refractivity contribution in [3.63, 3.8) is 0 Å². The van der Waals surface area contributed by atoms with E-state index in [1.165, 1.54) is 17.4 Å². The molecule has 0 saturated carbocycles. The van der Waals surface area contributed by atoms with Crippen LogP contribution < -0.4 is 5.56 Å². The molecule has 0 unspecified atom stereocenters. The van der Waals surface area contributed by atoms with Gasteiger partial charge in [-0.3, -0.25) is 9.20 Å². The third-order valence-electron chi connectivity index (χ3n) is 5.42. The molecule has 0 radical (unpaired) electrons. The van der Waals surface area contributed by atoms with Gasteiger partial charge in [-0.1, -0.05) is 72.0 Å². The summed E-state index contributed by atoms with van der Waals surface area (Å²) in [6.45, 7) is -0.167. The second-order valence-electron chi connectivity index (χ2n) is 7.72. The third-order valence-corrected chi connectivity index (χ3v) is 6.44. The first-order chi connectivity index (χ1) is 17.2. The van der Waals surface area contributed by atoms with Crippen LogP contribution in [0.25, 0.3) is 32.3 Å². The molecule has 3 aromatic heterocycles. The van der Waals surface area contributed by atoms with Crippen LogP contribution in [0.1, 0.15) is 16.3 Å². The number of thiazole rings is 1. The fourth-order valence-electron chi connectivity index (χ4n) is 3.82. The van der Waals surface area contributed by atoms with Crippen molar-refractivity contribution in [2.45, 2.75) is 6.61 Å². The maximum absolute atomic E-state index is 12.9. The highest BCUT2D eigenvalue weighted by Gasteiger charge is 2.20. The van der Waals surface area contributed by atoms with Gasteiger partial charge in [0.1, 0.15) is 6.61 Å². The summed E-state index contributed by atoms with van der Waals surface area (Å²) in [4.78, 5) is 35.1. The molecule has 6 rings (SSSR count). The zero-order chi connectivity index (χ0) is 23.8. The maximum Gasteiger partial charge on any atom is 0.378 e. The lowest BCUT2D eigenvalue weighted by molar-refractivity contribution is 0.0453. The van der Waals surface area contributed by atoms with Gasteiger partial charge in [0.15, 0.2) is 10.8 Å². The predicted molar refractivity (Wildman–Crippen MR) is 133 cm³/mol. The number of nitrogens with zero attached hydrogens (tertiary/aromatic N) is 5. The van der Waals surface area contributed by atoms with Crippen molar-refractivity contribution in [2.24, 2.45) is 0 Å². The first-order valence-electron chi connectivity index (χ1n) is 10.8. The van der Waals surface area contributed by atoms with Gasteiger partial charge in [0.05, 0.1) is 21.6 Å². The van der Waals surface area contributed by atoms with E-state index in [2.05, 4.69) is 15.1 Å². The first kappa shape index (κ1) is 20.9. The van der Waals surface area contributed by atoms with E-state index in [0.717, 1.165) is 21.5 Å². The summed E-state index contributed by atoms with van der Waals surface area (Å²) >= 11 is 1.40. The van der Waals surface area contributed by atoms with E-state index < -0.39 is 5.97 Å². The van der Waals surface area contributed by atoms with E-state index in [9.17, 15) is 9.59 Å². The Morgan fingerprint density at radius 2 is 1.60 bits per heavy atom. The number of carbonyl (C=O) groups is 1. The molecule has 0 saturated heterocycles. The van der Waals surface area contributed by atoms with E-state index in [1.807, 2.05) is 84.9 Å². The van der Waals surface area contributed by atoms with Gasteiger partial charge >= 0.3 is 5.97 Å². The number of esters is 1.